The van der Waals surface area contributed by atoms with Crippen LogP contribution in [-0.2, 0) is 16.1 Å². The highest BCUT2D eigenvalue weighted by atomic mass is 35.5. The van der Waals surface area contributed by atoms with Crippen LogP contribution >= 0.6 is 11.6 Å². The fourth-order valence-corrected chi connectivity index (χ4v) is 1.46. The van der Waals surface area contributed by atoms with Crippen molar-refractivity contribution in [2.24, 2.45) is 0 Å². The highest BCUT2D eigenvalue weighted by Crippen LogP contribution is 2.15. The summed E-state index contributed by atoms with van der Waals surface area (Å²) in [4.78, 5) is 23.1. The second kappa shape index (κ2) is 6.51. The van der Waals surface area contributed by atoms with Crippen molar-refractivity contribution in [1.29, 1.82) is 0 Å². The molecule has 0 bridgehead atoms. The van der Waals surface area contributed by atoms with E-state index in [1.807, 2.05) is 0 Å². The quantitative estimate of drug-likeness (QED) is 0.742. The summed E-state index contributed by atoms with van der Waals surface area (Å²) in [7, 11) is 6.75. The van der Waals surface area contributed by atoms with Crippen molar-refractivity contribution in [3.8, 4) is 0 Å². The lowest BCUT2D eigenvalue weighted by Crippen LogP contribution is -2.34. The summed E-state index contributed by atoms with van der Waals surface area (Å²) in [5.41, 5.74) is 0. The van der Waals surface area contributed by atoms with E-state index in [4.69, 9.17) is 16.3 Å². The van der Waals surface area contributed by atoms with E-state index in [1.54, 1.807) is 39.2 Å². The minimum Gasteiger partial charge on any atom is -0.377 e. The zero-order valence-electron chi connectivity index (χ0n) is 11.0. The van der Waals surface area contributed by atoms with Gasteiger partial charge in [-0.3, -0.25) is 4.79 Å². The third-order valence-electron chi connectivity index (χ3n) is 2.26. The summed E-state index contributed by atoms with van der Waals surface area (Å²) >= 11 is 5.90. The summed E-state index contributed by atoms with van der Waals surface area (Å²) in [6.07, 6.45) is 0. The molecule has 0 aliphatic rings. The molecule has 0 N–H and O–H groups in total. The van der Waals surface area contributed by atoms with Gasteiger partial charge in [-0.15, -0.1) is 0 Å². The fraction of sp³-hybridized carbons (Fsp3) is 0.545. The van der Waals surface area contributed by atoms with Crippen LogP contribution in [-0.4, -0.2) is 55.6 Å². The van der Waals surface area contributed by atoms with Crippen LogP contribution in [0, 0.1) is 0 Å². The Balaban J connectivity index is 2.84. The van der Waals surface area contributed by atoms with Crippen LogP contribution in [0.2, 0.25) is 5.15 Å². The largest absolute Gasteiger partial charge is 0.377 e. The van der Waals surface area contributed by atoms with Crippen LogP contribution in [0.5, 0.6) is 0 Å². The van der Waals surface area contributed by atoms with Crippen LogP contribution in [0.15, 0.2) is 6.07 Å². The molecule has 1 heterocycles. The molecule has 1 aromatic heterocycles. The first-order valence-electron chi connectivity index (χ1n) is 5.37. The normalized spacial score (nSPS) is 10.3. The molecule has 1 rings (SSSR count). The Morgan fingerprint density at radius 3 is 2.61 bits per heavy atom. The van der Waals surface area contributed by atoms with Gasteiger partial charge in [-0.1, -0.05) is 11.6 Å². The van der Waals surface area contributed by atoms with E-state index in [0.29, 0.717) is 16.8 Å². The lowest BCUT2D eigenvalue weighted by Gasteiger charge is -2.20. The van der Waals surface area contributed by atoms with E-state index >= 15 is 0 Å². The van der Waals surface area contributed by atoms with Crippen molar-refractivity contribution in [1.82, 2.24) is 14.9 Å². The van der Waals surface area contributed by atoms with E-state index in [1.165, 1.54) is 4.90 Å². The van der Waals surface area contributed by atoms with Crippen molar-refractivity contribution in [2.45, 2.75) is 6.61 Å². The van der Waals surface area contributed by atoms with Crippen LogP contribution < -0.4 is 4.90 Å². The molecule has 18 heavy (non-hydrogen) atoms. The Kier molecular flexibility index (Phi) is 5.30. The molecule has 6 nitrogen and oxygen atoms in total. The second-order valence-electron chi connectivity index (χ2n) is 4.04. The monoisotopic (exact) mass is 272 g/mol. The van der Waals surface area contributed by atoms with Crippen molar-refractivity contribution in [3.05, 3.63) is 17.0 Å². The van der Waals surface area contributed by atoms with Crippen molar-refractivity contribution in [2.75, 3.05) is 39.7 Å². The first-order chi connectivity index (χ1) is 8.43. The van der Waals surface area contributed by atoms with Gasteiger partial charge in [0.05, 0.1) is 6.54 Å². The highest BCUT2D eigenvalue weighted by Gasteiger charge is 2.12. The van der Waals surface area contributed by atoms with E-state index < -0.39 is 0 Å². The number of likely N-dealkylation sites (N-methyl/N-ethyl adjacent to an activating group) is 2. The molecule has 0 atom stereocenters. The Morgan fingerprint density at radius 2 is 2.06 bits per heavy atom. The van der Waals surface area contributed by atoms with Crippen molar-refractivity contribution in [3.63, 3.8) is 0 Å². The number of anilines is 1. The lowest BCUT2D eigenvalue weighted by molar-refractivity contribution is -0.127. The summed E-state index contributed by atoms with van der Waals surface area (Å²) in [6, 6.07) is 1.61. The van der Waals surface area contributed by atoms with Gasteiger partial charge >= 0.3 is 0 Å². The summed E-state index contributed by atoms with van der Waals surface area (Å²) in [5.74, 6) is 1.07. The molecule has 7 heteroatoms. The number of carbonyl (C=O) groups is 1. The van der Waals surface area contributed by atoms with Gasteiger partial charge in [0.2, 0.25) is 5.91 Å². The molecule has 0 aliphatic carbocycles. The number of hydrogen-bond acceptors (Lipinski definition) is 5. The number of aromatic nitrogens is 2. The first kappa shape index (κ1) is 14.7. The molecule has 0 radical (unpaired) electrons. The topological polar surface area (TPSA) is 58.6 Å². The minimum atomic E-state index is -0.0134. The van der Waals surface area contributed by atoms with Crippen LogP contribution in [0.3, 0.4) is 0 Å². The van der Waals surface area contributed by atoms with Crippen LogP contribution in [0.1, 0.15) is 5.82 Å². The molecular weight excluding hydrogens is 256 g/mol. The average molecular weight is 273 g/mol. The van der Waals surface area contributed by atoms with Gasteiger partial charge in [-0.25, -0.2) is 9.97 Å². The number of nitrogens with zero attached hydrogens (tertiary/aromatic N) is 4. The zero-order valence-corrected chi connectivity index (χ0v) is 11.7. The molecule has 0 aromatic carbocycles. The third kappa shape index (κ3) is 4.12. The molecule has 1 aromatic rings. The molecule has 0 fully saturated rings. The van der Waals surface area contributed by atoms with Crippen molar-refractivity contribution < 1.29 is 9.53 Å². The maximum absolute atomic E-state index is 11.6. The number of hydrogen-bond donors (Lipinski definition) is 0. The molecule has 0 saturated carbocycles. The number of methoxy groups -OCH3 is 1. The predicted molar refractivity (Wildman–Crippen MR) is 69.7 cm³/mol. The maximum Gasteiger partial charge on any atom is 0.241 e. The second-order valence-corrected chi connectivity index (χ2v) is 4.43. The van der Waals surface area contributed by atoms with Gasteiger partial charge in [0.15, 0.2) is 5.82 Å². The SMILES string of the molecule is COCc1nc(Cl)cc(N(C)CC(=O)N(C)C)n1. The number of ether oxygens (including phenoxy) is 1. The predicted octanol–water partition coefficient (Wildman–Crippen LogP) is 0.801. The first-order valence-corrected chi connectivity index (χ1v) is 5.75. The number of halogens is 1. The van der Waals surface area contributed by atoms with Gasteiger partial charge in [0.25, 0.3) is 0 Å². The number of amides is 1. The fourth-order valence-electron chi connectivity index (χ4n) is 1.27. The lowest BCUT2D eigenvalue weighted by atomic mass is 10.4. The molecule has 0 unspecified atom stereocenters. The van der Waals surface area contributed by atoms with Gasteiger partial charge in [0, 0.05) is 34.3 Å². The zero-order chi connectivity index (χ0) is 13.7. The Labute approximate surface area is 112 Å². The van der Waals surface area contributed by atoms with E-state index in [2.05, 4.69) is 9.97 Å². The summed E-state index contributed by atoms with van der Waals surface area (Å²) < 4.78 is 4.96. The number of rotatable bonds is 5. The van der Waals surface area contributed by atoms with E-state index in [9.17, 15) is 4.79 Å². The molecule has 1 amide bonds. The summed E-state index contributed by atoms with van der Waals surface area (Å²) in [5, 5.41) is 0.330. The Morgan fingerprint density at radius 1 is 1.39 bits per heavy atom. The number of carbonyl (C=O) groups excluding carboxylic acids is 1. The minimum absolute atomic E-state index is 0.0134. The Bertz CT molecular complexity index is 426. The van der Waals surface area contributed by atoms with E-state index in [-0.39, 0.29) is 19.1 Å². The molecule has 100 valence electrons. The van der Waals surface area contributed by atoms with Gasteiger partial charge in [0.1, 0.15) is 17.6 Å². The van der Waals surface area contributed by atoms with Crippen LogP contribution in [0.25, 0.3) is 0 Å². The molecule has 0 aliphatic heterocycles. The van der Waals surface area contributed by atoms with E-state index in [0.717, 1.165) is 0 Å². The summed E-state index contributed by atoms with van der Waals surface area (Å²) in [6.45, 7) is 0.510. The highest BCUT2D eigenvalue weighted by molar-refractivity contribution is 6.29. The standard InChI is InChI=1S/C11H17ClN4O2/c1-15(2)11(17)6-16(3)10-5-8(12)13-9(14-10)7-18-4/h5H,6-7H2,1-4H3. The van der Waals surface area contributed by atoms with Crippen LogP contribution in [0.4, 0.5) is 5.82 Å². The smallest absolute Gasteiger partial charge is 0.241 e. The van der Waals surface area contributed by atoms with Crippen molar-refractivity contribution >= 4 is 23.3 Å². The molecule has 0 spiro atoms. The maximum atomic E-state index is 11.6. The van der Waals surface area contributed by atoms with Gasteiger partial charge < -0.3 is 14.5 Å². The average Bonchev–Trinajstić information content (AvgIpc) is 2.28. The molecular formula is C11H17ClN4O2. The Hall–Kier alpha value is -1.40. The van der Waals surface area contributed by atoms with Gasteiger partial charge in [-0.2, -0.15) is 0 Å². The van der Waals surface area contributed by atoms with Gasteiger partial charge in [-0.05, 0) is 0 Å². The molecule has 0 saturated heterocycles. The third-order valence-corrected chi connectivity index (χ3v) is 2.46.